The monoisotopic (exact) mass is 176 g/mol. The van der Waals surface area contributed by atoms with Gasteiger partial charge in [0.15, 0.2) is 0 Å². The maximum atomic E-state index is 12.7. The van der Waals surface area contributed by atoms with Crippen LogP contribution in [0.15, 0.2) is 0 Å². The van der Waals surface area contributed by atoms with Crippen LogP contribution in [0, 0.1) is 0 Å². The normalized spacial score (nSPS) is 33.3. The van der Waals surface area contributed by atoms with Gasteiger partial charge in [0.05, 0.1) is 0 Å². The third-order valence-corrected chi connectivity index (χ3v) is 4.28. The van der Waals surface area contributed by atoms with E-state index in [4.69, 9.17) is 0 Å². The fourth-order valence-electron chi connectivity index (χ4n) is 1.61. The lowest BCUT2D eigenvalue weighted by Crippen LogP contribution is -2.15. The lowest BCUT2D eigenvalue weighted by atomic mass is 9.98. The van der Waals surface area contributed by atoms with Crippen molar-refractivity contribution < 1.29 is 4.39 Å². The molecule has 11 heavy (non-hydrogen) atoms. The zero-order valence-electron chi connectivity index (χ0n) is 7.28. The van der Waals surface area contributed by atoms with Gasteiger partial charge in [-0.2, -0.15) is 0 Å². The maximum Gasteiger partial charge on any atom is 0.100 e. The minimum atomic E-state index is -0.474. The number of halogens is 1. The summed E-state index contributed by atoms with van der Waals surface area (Å²) in [7, 11) is 1.10. The Labute approximate surface area is 70.7 Å². The minimum Gasteiger partial charge on any atom is -0.247 e. The molecule has 1 unspecified atom stereocenters. The summed E-state index contributed by atoms with van der Waals surface area (Å²) >= 11 is 0. The highest BCUT2D eigenvalue weighted by Crippen LogP contribution is 2.34. The predicted octanol–water partition coefficient (Wildman–Crippen LogP) is 3.36. The van der Waals surface area contributed by atoms with Gasteiger partial charge in [-0.3, -0.25) is 0 Å². The van der Waals surface area contributed by atoms with Crippen LogP contribution in [0.5, 0.6) is 0 Å². The van der Waals surface area contributed by atoms with Gasteiger partial charge in [0.1, 0.15) is 6.17 Å². The van der Waals surface area contributed by atoms with Crippen molar-refractivity contribution in [1.29, 1.82) is 0 Å². The molecule has 0 aromatic carbocycles. The van der Waals surface area contributed by atoms with Gasteiger partial charge in [-0.1, -0.05) is 13.3 Å². The Morgan fingerprint density at radius 3 is 2.45 bits per heavy atom. The second-order valence-electron chi connectivity index (χ2n) is 3.40. The molecular weight excluding hydrogens is 158 g/mol. The summed E-state index contributed by atoms with van der Waals surface area (Å²) in [6.45, 7) is 2.23. The van der Waals surface area contributed by atoms with E-state index in [2.05, 4.69) is 6.92 Å². The molecule has 1 rings (SSSR count). The first kappa shape index (κ1) is 9.45. The fraction of sp³-hybridized carbons (Fsp3) is 1.00. The maximum absolute atomic E-state index is 12.7. The fourth-order valence-corrected chi connectivity index (χ4v) is 3.04. The van der Waals surface area contributed by atoms with Crippen molar-refractivity contribution in [2.45, 2.75) is 50.9 Å². The molecule has 2 heteroatoms. The zero-order chi connectivity index (χ0) is 8.10. The Bertz CT molecular complexity index is 95.0. The Balaban J connectivity index is 2.07. The van der Waals surface area contributed by atoms with E-state index in [0.717, 1.165) is 39.9 Å². The molecule has 0 aromatic heterocycles. The van der Waals surface area contributed by atoms with Gasteiger partial charge in [0.2, 0.25) is 0 Å². The Morgan fingerprint density at radius 2 is 1.91 bits per heavy atom. The van der Waals surface area contributed by atoms with Crippen molar-refractivity contribution in [3.63, 3.8) is 0 Å². The minimum absolute atomic E-state index is 0.474. The molecule has 0 spiro atoms. The van der Waals surface area contributed by atoms with Crippen LogP contribution in [-0.2, 0) is 0 Å². The van der Waals surface area contributed by atoms with Gasteiger partial charge in [-0.25, -0.2) is 4.39 Å². The van der Waals surface area contributed by atoms with Gasteiger partial charge in [0.25, 0.3) is 0 Å². The van der Waals surface area contributed by atoms with E-state index in [1.807, 2.05) is 0 Å². The molecular formula is C9H18FP. The molecule has 1 atom stereocenters. The third-order valence-electron chi connectivity index (χ3n) is 2.34. The summed E-state index contributed by atoms with van der Waals surface area (Å²) in [5.74, 6) is 0. The highest BCUT2D eigenvalue weighted by Gasteiger charge is 2.19. The summed E-state index contributed by atoms with van der Waals surface area (Å²) in [6, 6.07) is 0. The number of alkyl halides is 1. The Morgan fingerprint density at radius 1 is 1.27 bits per heavy atom. The largest absolute Gasteiger partial charge is 0.247 e. The second-order valence-corrected chi connectivity index (χ2v) is 5.13. The predicted molar refractivity (Wildman–Crippen MR) is 50.6 cm³/mol. The van der Waals surface area contributed by atoms with E-state index in [1.54, 1.807) is 0 Å². The van der Waals surface area contributed by atoms with Crippen LogP contribution < -0.4 is 0 Å². The van der Waals surface area contributed by atoms with Gasteiger partial charge >= 0.3 is 0 Å². The summed E-state index contributed by atoms with van der Waals surface area (Å²) < 4.78 is 12.7. The van der Waals surface area contributed by atoms with Gasteiger partial charge < -0.3 is 0 Å². The molecule has 0 aliphatic heterocycles. The number of hydrogen-bond donors (Lipinski definition) is 0. The van der Waals surface area contributed by atoms with E-state index in [0.29, 0.717) is 0 Å². The number of hydrogen-bond acceptors (Lipinski definition) is 0. The first-order chi connectivity index (χ1) is 5.33. The second kappa shape index (κ2) is 5.09. The lowest BCUT2D eigenvalue weighted by molar-refractivity contribution is 0.254. The van der Waals surface area contributed by atoms with Crippen molar-refractivity contribution in [2.24, 2.45) is 0 Å². The smallest absolute Gasteiger partial charge is 0.100 e. The van der Waals surface area contributed by atoms with Crippen LogP contribution in [-0.4, -0.2) is 18.0 Å². The Hall–Kier alpha value is 0.360. The van der Waals surface area contributed by atoms with Gasteiger partial charge in [-0.15, -0.1) is 8.58 Å². The van der Waals surface area contributed by atoms with Gasteiger partial charge in [-0.05, 0) is 37.5 Å². The number of rotatable bonds is 3. The molecule has 0 bridgehead atoms. The van der Waals surface area contributed by atoms with E-state index in [-0.39, 0.29) is 0 Å². The molecule has 0 amide bonds. The van der Waals surface area contributed by atoms with Crippen LogP contribution >= 0.6 is 8.58 Å². The van der Waals surface area contributed by atoms with Crippen LogP contribution in [0.1, 0.15) is 39.0 Å². The molecule has 1 aliphatic rings. The van der Waals surface area contributed by atoms with E-state index < -0.39 is 6.17 Å². The molecule has 1 aliphatic carbocycles. The first-order valence-corrected chi connectivity index (χ1v) is 5.99. The third kappa shape index (κ3) is 3.51. The summed E-state index contributed by atoms with van der Waals surface area (Å²) in [6.07, 6.45) is 6.16. The summed E-state index contributed by atoms with van der Waals surface area (Å²) in [5.41, 5.74) is 0.877. The van der Waals surface area contributed by atoms with Crippen LogP contribution in [0.25, 0.3) is 0 Å². The van der Waals surface area contributed by atoms with E-state index in [9.17, 15) is 4.39 Å². The van der Waals surface area contributed by atoms with Crippen molar-refractivity contribution in [1.82, 2.24) is 0 Å². The molecule has 0 radical (unpaired) electrons. The molecule has 0 aromatic rings. The first-order valence-electron chi connectivity index (χ1n) is 4.70. The average Bonchev–Trinajstić information content (AvgIpc) is 2.04. The lowest BCUT2D eigenvalue weighted by Gasteiger charge is -2.23. The molecule has 0 heterocycles. The topological polar surface area (TPSA) is 0 Å². The summed E-state index contributed by atoms with van der Waals surface area (Å²) in [4.78, 5) is 0. The quantitative estimate of drug-likeness (QED) is 0.578. The average molecular weight is 176 g/mol. The SMILES string of the molecule is CCCPC1CCC(F)CC1. The molecule has 1 fully saturated rings. The molecule has 0 N–H and O–H groups in total. The zero-order valence-corrected chi connectivity index (χ0v) is 8.28. The Kier molecular flexibility index (Phi) is 4.37. The highest BCUT2D eigenvalue weighted by molar-refractivity contribution is 7.38. The van der Waals surface area contributed by atoms with Gasteiger partial charge in [0, 0.05) is 0 Å². The van der Waals surface area contributed by atoms with E-state index >= 15 is 0 Å². The van der Waals surface area contributed by atoms with Crippen molar-refractivity contribution in [3.8, 4) is 0 Å². The summed E-state index contributed by atoms with van der Waals surface area (Å²) in [5, 5.41) is 0. The molecule has 0 nitrogen and oxygen atoms in total. The van der Waals surface area contributed by atoms with Crippen LogP contribution in [0.3, 0.4) is 0 Å². The highest BCUT2D eigenvalue weighted by atomic mass is 31.1. The van der Waals surface area contributed by atoms with Crippen LogP contribution in [0.2, 0.25) is 0 Å². The van der Waals surface area contributed by atoms with Crippen LogP contribution in [0.4, 0.5) is 4.39 Å². The standard InChI is InChI=1S/C9H18FP/c1-2-7-11-9-5-3-8(10)4-6-9/h8-9,11H,2-7H2,1H3. The van der Waals surface area contributed by atoms with Crippen molar-refractivity contribution in [3.05, 3.63) is 0 Å². The molecule has 0 saturated heterocycles. The van der Waals surface area contributed by atoms with Crippen molar-refractivity contribution in [2.75, 3.05) is 6.16 Å². The molecule has 66 valence electrons. The molecule has 1 saturated carbocycles. The van der Waals surface area contributed by atoms with Crippen molar-refractivity contribution >= 4 is 8.58 Å². The van der Waals surface area contributed by atoms with E-state index in [1.165, 1.54) is 12.6 Å².